The number of aliphatic imine (C=N–C) groups is 1. The van der Waals surface area contributed by atoms with Crippen LogP contribution in [0.25, 0.3) is 10.8 Å². The number of halogens is 1. The van der Waals surface area contributed by atoms with Crippen molar-refractivity contribution >= 4 is 51.0 Å². The van der Waals surface area contributed by atoms with Crippen LogP contribution in [0.1, 0.15) is 19.4 Å². The normalized spacial score (nSPS) is 22.4. The van der Waals surface area contributed by atoms with E-state index in [1.807, 2.05) is 30.6 Å². The Balaban J connectivity index is 1.71. The van der Waals surface area contributed by atoms with Crippen LogP contribution in [0.2, 0.25) is 0 Å². The largest absolute Gasteiger partial charge is 0.459 e. The standard InChI is InChI=1S/C21H18IN3O/c1-20(2)16-10-14(22)5-6-17(16)25(3)21(20)12-24-19-15-8-9-23-11-13(15)4-7-18(19)26-21/h4-12H,1-3H3. The van der Waals surface area contributed by atoms with E-state index in [0.717, 1.165) is 22.2 Å². The summed E-state index contributed by atoms with van der Waals surface area (Å²) in [6.45, 7) is 4.46. The number of fused-ring (bicyclic) bond motifs is 4. The summed E-state index contributed by atoms with van der Waals surface area (Å²) in [6, 6.07) is 12.6. The molecule has 0 saturated carbocycles. The lowest BCUT2D eigenvalue weighted by Crippen LogP contribution is -2.61. The van der Waals surface area contributed by atoms with Crippen LogP contribution in [0.3, 0.4) is 0 Å². The molecule has 1 atom stereocenters. The Labute approximate surface area is 166 Å². The molecule has 0 fully saturated rings. The Bertz CT molecular complexity index is 1090. The smallest absolute Gasteiger partial charge is 0.228 e. The van der Waals surface area contributed by atoms with Gasteiger partial charge in [-0.1, -0.05) is 0 Å². The van der Waals surface area contributed by atoms with E-state index < -0.39 is 5.72 Å². The van der Waals surface area contributed by atoms with Gasteiger partial charge in [-0.3, -0.25) is 9.98 Å². The summed E-state index contributed by atoms with van der Waals surface area (Å²) in [5.41, 5.74) is 2.47. The number of aromatic nitrogens is 1. The second-order valence-corrected chi connectivity index (χ2v) is 8.66. The molecule has 3 aromatic rings. The first-order valence-corrected chi connectivity index (χ1v) is 9.67. The maximum Gasteiger partial charge on any atom is 0.228 e. The lowest BCUT2D eigenvalue weighted by molar-refractivity contribution is 0.0826. The van der Waals surface area contributed by atoms with E-state index in [-0.39, 0.29) is 5.41 Å². The van der Waals surface area contributed by atoms with E-state index in [0.29, 0.717) is 0 Å². The average Bonchev–Trinajstić information content (AvgIpc) is 2.80. The number of likely N-dealkylation sites (N-methyl/N-ethyl adjacent to an activating group) is 1. The quantitative estimate of drug-likeness (QED) is 0.445. The lowest BCUT2D eigenvalue weighted by Gasteiger charge is -2.45. The second-order valence-electron chi connectivity index (χ2n) is 7.41. The van der Waals surface area contributed by atoms with Crippen molar-refractivity contribution in [1.29, 1.82) is 0 Å². The van der Waals surface area contributed by atoms with Crippen molar-refractivity contribution in [2.45, 2.75) is 25.0 Å². The first kappa shape index (κ1) is 16.1. The number of anilines is 1. The fraction of sp³-hybridized carbons (Fsp3) is 0.238. The van der Waals surface area contributed by atoms with Crippen LogP contribution in [-0.4, -0.2) is 24.0 Å². The Morgan fingerprint density at radius 3 is 2.81 bits per heavy atom. The Hall–Kier alpha value is -2.15. The van der Waals surface area contributed by atoms with Crippen molar-refractivity contribution in [3.8, 4) is 5.75 Å². The minimum atomic E-state index is -0.645. The summed E-state index contributed by atoms with van der Waals surface area (Å²) >= 11 is 2.37. The van der Waals surface area contributed by atoms with Crippen molar-refractivity contribution in [3.63, 3.8) is 0 Å². The molecule has 0 aliphatic carbocycles. The van der Waals surface area contributed by atoms with Crippen LogP contribution < -0.4 is 9.64 Å². The molecule has 3 heterocycles. The fourth-order valence-corrected chi connectivity index (χ4v) is 4.72. The van der Waals surface area contributed by atoms with Crippen LogP contribution in [0, 0.1) is 3.57 Å². The van der Waals surface area contributed by atoms with Crippen LogP contribution >= 0.6 is 22.6 Å². The molecule has 4 nitrogen and oxygen atoms in total. The van der Waals surface area contributed by atoms with Crippen LogP contribution in [-0.2, 0) is 5.41 Å². The predicted molar refractivity (Wildman–Crippen MR) is 114 cm³/mol. The molecule has 26 heavy (non-hydrogen) atoms. The monoisotopic (exact) mass is 455 g/mol. The fourth-order valence-electron chi connectivity index (χ4n) is 4.23. The molecule has 1 spiro atoms. The van der Waals surface area contributed by atoms with E-state index in [9.17, 15) is 0 Å². The van der Waals surface area contributed by atoms with Gasteiger partial charge in [-0.25, -0.2) is 0 Å². The van der Waals surface area contributed by atoms with E-state index >= 15 is 0 Å². The van der Waals surface area contributed by atoms with Gasteiger partial charge in [0.25, 0.3) is 0 Å². The van der Waals surface area contributed by atoms with Crippen LogP contribution in [0.5, 0.6) is 5.75 Å². The predicted octanol–water partition coefficient (Wildman–Crippen LogP) is 5.06. The summed E-state index contributed by atoms with van der Waals surface area (Å²) in [6.07, 6.45) is 5.63. The minimum Gasteiger partial charge on any atom is -0.459 e. The third kappa shape index (κ3) is 1.89. The first-order valence-electron chi connectivity index (χ1n) is 8.59. The highest BCUT2D eigenvalue weighted by Gasteiger charge is 2.58. The zero-order valence-corrected chi connectivity index (χ0v) is 17.0. The second kappa shape index (κ2) is 5.19. The lowest BCUT2D eigenvalue weighted by atomic mass is 9.77. The third-order valence-electron chi connectivity index (χ3n) is 5.78. The molecule has 2 aliphatic heterocycles. The molecule has 130 valence electrons. The van der Waals surface area contributed by atoms with Gasteiger partial charge in [0.15, 0.2) is 0 Å². The minimum absolute atomic E-state index is 0.243. The third-order valence-corrected chi connectivity index (χ3v) is 6.45. The molecule has 5 heteroatoms. The maximum absolute atomic E-state index is 6.69. The molecular formula is C21H18IN3O. The highest BCUT2D eigenvalue weighted by atomic mass is 127. The number of rotatable bonds is 0. The van der Waals surface area contributed by atoms with E-state index in [4.69, 9.17) is 9.73 Å². The van der Waals surface area contributed by atoms with Crippen molar-refractivity contribution in [2.75, 3.05) is 11.9 Å². The zero-order valence-electron chi connectivity index (χ0n) is 14.8. The zero-order chi connectivity index (χ0) is 18.1. The van der Waals surface area contributed by atoms with Gasteiger partial charge in [0.2, 0.25) is 5.72 Å². The van der Waals surface area contributed by atoms with E-state index in [2.05, 4.69) is 71.6 Å². The highest BCUT2D eigenvalue weighted by Crippen LogP contribution is 2.54. The Kier molecular flexibility index (Phi) is 3.20. The maximum atomic E-state index is 6.69. The molecule has 5 rings (SSSR count). The number of nitrogens with zero attached hydrogens (tertiary/aromatic N) is 3. The van der Waals surface area contributed by atoms with Gasteiger partial charge >= 0.3 is 0 Å². The van der Waals surface area contributed by atoms with Gasteiger partial charge in [-0.15, -0.1) is 0 Å². The molecule has 0 saturated heterocycles. The first-order chi connectivity index (χ1) is 12.4. The molecule has 2 aliphatic rings. The van der Waals surface area contributed by atoms with Crippen molar-refractivity contribution in [2.24, 2.45) is 4.99 Å². The molecule has 0 N–H and O–H groups in total. The van der Waals surface area contributed by atoms with Crippen molar-refractivity contribution < 1.29 is 4.74 Å². The number of pyridine rings is 1. The Morgan fingerprint density at radius 2 is 1.96 bits per heavy atom. The van der Waals surface area contributed by atoms with Crippen LogP contribution in [0.4, 0.5) is 11.4 Å². The highest BCUT2D eigenvalue weighted by molar-refractivity contribution is 14.1. The summed E-state index contributed by atoms with van der Waals surface area (Å²) in [4.78, 5) is 11.3. The number of hydrogen-bond acceptors (Lipinski definition) is 4. The topological polar surface area (TPSA) is 37.7 Å². The average molecular weight is 455 g/mol. The van der Waals surface area contributed by atoms with Gasteiger partial charge in [0.1, 0.15) is 11.4 Å². The van der Waals surface area contributed by atoms with Gasteiger partial charge in [0, 0.05) is 39.5 Å². The summed E-state index contributed by atoms with van der Waals surface area (Å²) in [5, 5.41) is 2.13. The SMILES string of the molecule is CN1c2ccc(I)cc2C(C)(C)C12C=Nc1c(ccc3cnccc13)O2. The summed E-state index contributed by atoms with van der Waals surface area (Å²) in [5.74, 6) is 0.814. The number of benzene rings is 2. The van der Waals surface area contributed by atoms with Crippen LogP contribution in [0.15, 0.2) is 53.8 Å². The van der Waals surface area contributed by atoms with Gasteiger partial charge in [-0.2, -0.15) is 0 Å². The molecule has 1 aromatic heterocycles. The molecular weight excluding hydrogens is 437 g/mol. The molecule has 0 bridgehead atoms. The number of ether oxygens (including phenoxy) is 1. The summed E-state index contributed by atoms with van der Waals surface area (Å²) < 4.78 is 7.92. The molecule has 0 amide bonds. The number of hydrogen-bond donors (Lipinski definition) is 0. The molecule has 0 radical (unpaired) electrons. The van der Waals surface area contributed by atoms with Crippen molar-refractivity contribution in [3.05, 3.63) is 57.9 Å². The van der Waals surface area contributed by atoms with Crippen molar-refractivity contribution in [1.82, 2.24) is 4.98 Å². The summed E-state index contributed by atoms with van der Waals surface area (Å²) in [7, 11) is 2.09. The van der Waals surface area contributed by atoms with Gasteiger partial charge < -0.3 is 9.64 Å². The molecule has 1 unspecified atom stereocenters. The van der Waals surface area contributed by atoms with E-state index in [1.165, 1.54) is 14.8 Å². The van der Waals surface area contributed by atoms with E-state index in [1.54, 1.807) is 6.20 Å². The van der Waals surface area contributed by atoms with Gasteiger partial charge in [0.05, 0.1) is 11.6 Å². The van der Waals surface area contributed by atoms with Gasteiger partial charge in [-0.05, 0) is 78.4 Å². The molecule has 2 aromatic carbocycles. The Morgan fingerprint density at radius 1 is 1.12 bits per heavy atom.